The Labute approximate surface area is 173 Å². The van der Waals surface area contributed by atoms with E-state index in [-0.39, 0.29) is 17.9 Å². The van der Waals surface area contributed by atoms with Gasteiger partial charge in [0.05, 0.1) is 10.9 Å². The Balaban J connectivity index is 1.79. The van der Waals surface area contributed by atoms with Crippen molar-refractivity contribution < 1.29 is 22.7 Å². The highest BCUT2D eigenvalue weighted by atomic mass is 32.2. The number of alkyl carbamates (subject to hydrolysis) is 1. The lowest BCUT2D eigenvalue weighted by Crippen LogP contribution is -2.30. The highest BCUT2D eigenvalue weighted by molar-refractivity contribution is 7.99. The summed E-state index contributed by atoms with van der Waals surface area (Å²) in [6.45, 7) is 0.232. The summed E-state index contributed by atoms with van der Waals surface area (Å²) in [5, 5.41) is 3.01. The van der Waals surface area contributed by atoms with Crippen molar-refractivity contribution in [2.75, 3.05) is 18.9 Å². The second kappa shape index (κ2) is 9.16. The smallest absolute Gasteiger partial charge is 0.422 e. The molecule has 0 unspecified atom stereocenters. The Hall–Kier alpha value is -3.08. The van der Waals surface area contributed by atoms with Gasteiger partial charge < -0.3 is 10.1 Å². The molecular weight excluding hydrogens is 421 g/mol. The van der Waals surface area contributed by atoms with Crippen LogP contribution in [0.3, 0.4) is 0 Å². The van der Waals surface area contributed by atoms with Crippen molar-refractivity contribution in [2.24, 2.45) is 0 Å². The van der Waals surface area contributed by atoms with E-state index in [9.17, 15) is 22.8 Å². The van der Waals surface area contributed by atoms with Gasteiger partial charge in [-0.15, -0.1) is 0 Å². The highest BCUT2D eigenvalue weighted by Gasteiger charge is 2.29. The maximum absolute atomic E-state index is 13.1. The standard InChI is InChI=1S/C19H17F3N4O3S/c1-12-6-7-23-15(10-12)26-16(27)13-4-2-3-5-14(13)25-17(26)30-9-8-24-18(28)29-11-19(20,21)22/h2-7,10H,8-9,11H2,1H3,(H,24,28). The minimum atomic E-state index is -4.59. The predicted molar refractivity (Wildman–Crippen MR) is 106 cm³/mol. The molecule has 1 N–H and O–H groups in total. The minimum absolute atomic E-state index is 0.0191. The summed E-state index contributed by atoms with van der Waals surface area (Å²) in [6.07, 6.45) is -4.17. The normalized spacial score (nSPS) is 11.5. The molecule has 0 fully saturated rings. The van der Waals surface area contributed by atoms with Crippen LogP contribution in [0.2, 0.25) is 0 Å². The van der Waals surface area contributed by atoms with E-state index >= 15 is 0 Å². The zero-order valence-electron chi connectivity index (χ0n) is 15.8. The van der Waals surface area contributed by atoms with Gasteiger partial charge in [-0.1, -0.05) is 23.9 Å². The van der Waals surface area contributed by atoms with Crippen LogP contribution >= 0.6 is 11.8 Å². The number of benzene rings is 1. The van der Waals surface area contributed by atoms with Crippen molar-refractivity contribution in [3.8, 4) is 5.82 Å². The van der Waals surface area contributed by atoms with Crippen LogP contribution in [0.5, 0.6) is 0 Å². The van der Waals surface area contributed by atoms with Gasteiger partial charge in [-0.25, -0.2) is 19.3 Å². The van der Waals surface area contributed by atoms with E-state index in [0.29, 0.717) is 21.9 Å². The molecule has 1 aromatic carbocycles. The van der Waals surface area contributed by atoms with E-state index in [1.807, 2.05) is 6.92 Å². The number of aromatic nitrogens is 3. The predicted octanol–water partition coefficient (Wildman–Crippen LogP) is 3.47. The van der Waals surface area contributed by atoms with Gasteiger partial charge in [-0.05, 0) is 36.8 Å². The molecule has 0 radical (unpaired) electrons. The number of rotatable bonds is 6. The fourth-order valence-electron chi connectivity index (χ4n) is 2.55. The summed E-state index contributed by atoms with van der Waals surface area (Å²) in [7, 11) is 0. The number of hydrogen-bond donors (Lipinski definition) is 1. The lowest BCUT2D eigenvalue weighted by atomic mass is 10.2. The van der Waals surface area contributed by atoms with E-state index < -0.39 is 18.9 Å². The van der Waals surface area contributed by atoms with Crippen LogP contribution in [0.1, 0.15) is 5.56 Å². The van der Waals surface area contributed by atoms with Gasteiger partial charge in [0.1, 0.15) is 5.82 Å². The Morgan fingerprint density at radius 2 is 2.03 bits per heavy atom. The maximum atomic E-state index is 13.1. The number of aryl methyl sites for hydroxylation is 1. The number of nitrogens with zero attached hydrogens (tertiary/aromatic N) is 3. The molecule has 3 rings (SSSR count). The van der Waals surface area contributed by atoms with E-state index in [4.69, 9.17) is 0 Å². The summed E-state index contributed by atoms with van der Waals surface area (Å²) in [5.41, 5.74) is 1.12. The molecule has 1 amide bonds. The third kappa shape index (κ3) is 5.50. The van der Waals surface area contributed by atoms with E-state index in [0.717, 1.165) is 17.3 Å². The van der Waals surface area contributed by atoms with Crippen molar-refractivity contribution >= 4 is 28.8 Å². The average molecular weight is 438 g/mol. The average Bonchev–Trinajstić information content (AvgIpc) is 2.69. The number of carbonyl (C=O) groups excluding carboxylic acids is 1. The lowest BCUT2D eigenvalue weighted by molar-refractivity contribution is -0.160. The van der Waals surface area contributed by atoms with Gasteiger partial charge in [0.15, 0.2) is 11.8 Å². The largest absolute Gasteiger partial charge is 0.440 e. The molecule has 0 atom stereocenters. The number of nitrogens with one attached hydrogen (secondary N) is 1. The molecule has 158 valence electrons. The molecule has 2 aromatic heterocycles. The first-order valence-corrected chi connectivity index (χ1v) is 9.78. The zero-order valence-corrected chi connectivity index (χ0v) is 16.6. The van der Waals surface area contributed by atoms with Gasteiger partial charge in [0.2, 0.25) is 0 Å². The summed E-state index contributed by atoms with van der Waals surface area (Å²) >= 11 is 1.16. The Bertz CT molecular complexity index is 1120. The van der Waals surface area contributed by atoms with Crippen LogP contribution < -0.4 is 10.9 Å². The SMILES string of the molecule is Cc1ccnc(-n2c(SCCNC(=O)OCC(F)(F)F)nc3ccccc3c2=O)c1. The fourth-order valence-corrected chi connectivity index (χ4v) is 3.40. The zero-order chi connectivity index (χ0) is 21.7. The molecule has 0 aliphatic heterocycles. The third-order valence-corrected chi connectivity index (χ3v) is 4.78. The van der Waals surface area contributed by atoms with Crippen LogP contribution in [0.15, 0.2) is 52.5 Å². The Morgan fingerprint density at radius 1 is 1.27 bits per heavy atom. The van der Waals surface area contributed by atoms with E-state index in [1.54, 1.807) is 42.6 Å². The number of halogens is 3. The second-order valence-corrected chi connectivity index (χ2v) is 7.27. The molecule has 0 spiro atoms. The molecule has 0 saturated carbocycles. The fraction of sp³-hybridized carbons (Fsp3) is 0.263. The van der Waals surface area contributed by atoms with Crippen LogP contribution in [0.4, 0.5) is 18.0 Å². The molecule has 3 aromatic rings. The Morgan fingerprint density at radius 3 is 2.77 bits per heavy atom. The van der Waals surface area contributed by atoms with Crippen molar-refractivity contribution in [1.29, 1.82) is 0 Å². The molecule has 30 heavy (non-hydrogen) atoms. The van der Waals surface area contributed by atoms with E-state index in [1.165, 1.54) is 4.57 Å². The molecule has 7 nitrogen and oxygen atoms in total. The first kappa shape index (κ1) is 21.6. The highest BCUT2D eigenvalue weighted by Crippen LogP contribution is 2.20. The number of ether oxygens (including phenoxy) is 1. The molecule has 0 aliphatic carbocycles. The number of thioether (sulfide) groups is 1. The van der Waals surface area contributed by atoms with Gasteiger partial charge >= 0.3 is 12.3 Å². The summed E-state index contributed by atoms with van der Waals surface area (Å²) in [4.78, 5) is 33.2. The number of amides is 1. The first-order valence-electron chi connectivity index (χ1n) is 8.79. The lowest BCUT2D eigenvalue weighted by Gasteiger charge is -2.13. The van der Waals surface area contributed by atoms with Gasteiger partial charge in [0.25, 0.3) is 5.56 Å². The molecule has 0 aliphatic rings. The number of alkyl halides is 3. The summed E-state index contributed by atoms with van der Waals surface area (Å²) in [6, 6.07) is 10.4. The summed E-state index contributed by atoms with van der Waals surface area (Å²) < 4.78 is 41.7. The number of fused-ring (bicyclic) bond motifs is 1. The van der Waals surface area contributed by atoms with Crippen molar-refractivity contribution in [3.05, 3.63) is 58.5 Å². The Kier molecular flexibility index (Phi) is 6.60. The summed E-state index contributed by atoms with van der Waals surface area (Å²) in [5.74, 6) is 0.649. The van der Waals surface area contributed by atoms with Crippen molar-refractivity contribution in [3.63, 3.8) is 0 Å². The first-order chi connectivity index (χ1) is 14.2. The third-order valence-electron chi connectivity index (χ3n) is 3.84. The van der Waals surface area contributed by atoms with Crippen LogP contribution in [-0.2, 0) is 4.74 Å². The maximum Gasteiger partial charge on any atom is 0.422 e. The quantitative estimate of drug-likeness (QED) is 0.360. The second-order valence-electron chi connectivity index (χ2n) is 6.21. The number of pyridine rings is 1. The van der Waals surface area contributed by atoms with Crippen LogP contribution in [-0.4, -0.2) is 45.7 Å². The minimum Gasteiger partial charge on any atom is -0.440 e. The molecule has 11 heteroatoms. The number of carbonyl (C=O) groups is 1. The number of para-hydroxylation sites is 1. The topological polar surface area (TPSA) is 86.1 Å². The molecule has 2 heterocycles. The van der Waals surface area contributed by atoms with Crippen LogP contribution in [0.25, 0.3) is 16.7 Å². The van der Waals surface area contributed by atoms with Crippen molar-refractivity contribution in [2.45, 2.75) is 18.3 Å². The molecule has 0 saturated heterocycles. The van der Waals surface area contributed by atoms with Gasteiger partial charge in [-0.3, -0.25) is 4.79 Å². The van der Waals surface area contributed by atoms with Gasteiger partial charge in [-0.2, -0.15) is 13.2 Å². The molecular formula is C19H17F3N4O3S. The molecule has 0 bridgehead atoms. The number of hydrogen-bond acceptors (Lipinski definition) is 6. The van der Waals surface area contributed by atoms with Gasteiger partial charge in [0, 0.05) is 18.5 Å². The van der Waals surface area contributed by atoms with Crippen LogP contribution in [0, 0.1) is 6.92 Å². The van der Waals surface area contributed by atoms with Crippen molar-refractivity contribution in [1.82, 2.24) is 19.9 Å². The monoisotopic (exact) mass is 438 g/mol. The van der Waals surface area contributed by atoms with E-state index in [2.05, 4.69) is 20.0 Å².